The molecule has 11 aromatic rings. The zero-order valence-electron chi connectivity index (χ0n) is 32.7. The van der Waals surface area contributed by atoms with E-state index < -0.39 is 0 Å². The summed E-state index contributed by atoms with van der Waals surface area (Å²) < 4.78 is 7.70. The number of para-hydroxylation sites is 1. The highest BCUT2D eigenvalue weighted by Gasteiger charge is 2.38. The first kappa shape index (κ1) is 33.0. The Bertz CT molecular complexity index is 3460. The number of fused-ring (bicyclic) bond motifs is 12. The van der Waals surface area contributed by atoms with Gasteiger partial charge in [0, 0.05) is 53.1 Å². The van der Waals surface area contributed by atoms with Crippen LogP contribution in [0, 0.1) is 0 Å². The van der Waals surface area contributed by atoms with E-state index >= 15 is 0 Å². The zero-order chi connectivity index (χ0) is 38.2. The van der Waals surface area contributed by atoms with E-state index in [9.17, 15) is 0 Å². The highest BCUT2D eigenvalue weighted by atomic mass is 32.1. The van der Waals surface area contributed by atoms with Gasteiger partial charge in [0.2, 0.25) is 0 Å². The second-order valence-corrected chi connectivity index (χ2v) is 18.7. The standard InChI is InChI=1S/C54H42N2S/c1-53(2)25-26-54(3,4)45-31-47-42(30-44(45)53)41-29-43-49(32-48(41)55(47)36-15-6-5-7-16-36)56(46-24-22-33-13-8-9-18-38(33)52(43)46)37-17-12-14-34(27-37)35-21-23-40-39-19-10-11-20-50(39)57-51(40)28-35/h5-24,27-32H,25-26H2,1-4H3. The van der Waals surface area contributed by atoms with Crippen LogP contribution in [0.4, 0.5) is 0 Å². The smallest absolute Gasteiger partial charge is 0.0562 e. The van der Waals surface area contributed by atoms with E-state index in [2.05, 4.69) is 195 Å². The van der Waals surface area contributed by atoms with Gasteiger partial charge >= 0.3 is 0 Å². The molecule has 0 saturated heterocycles. The van der Waals surface area contributed by atoms with E-state index in [-0.39, 0.29) is 10.8 Å². The molecular formula is C54H42N2S. The molecule has 1 aliphatic rings. The maximum absolute atomic E-state index is 2.56. The Morgan fingerprint density at radius 1 is 0.404 bits per heavy atom. The summed E-state index contributed by atoms with van der Waals surface area (Å²) in [7, 11) is 0. The number of hydrogen-bond acceptors (Lipinski definition) is 1. The number of aromatic nitrogens is 2. The van der Waals surface area contributed by atoms with Crippen molar-refractivity contribution in [2.24, 2.45) is 0 Å². The van der Waals surface area contributed by atoms with Crippen LogP contribution < -0.4 is 0 Å². The fourth-order valence-corrected chi connectivity index (χ4v) is 11.4. The molecule has 0 amide bonds. The summed E-state index contributed by atoms with van der Waals surface area (Å²) in [5.41, 5.74) is 13.0. The second-order valence-electron chi connectivity index (χ2n) is 17.6. The average Bonchev–Trinajstić information content (AvgIpc) is 3.88. The van der Waals surface area contributed by atoms with Crippen LogP contribution in [0.5, 0.6) is 0 Å². The molecule has 0 atom stereocenters. The van der Waals surface area contributed by atoms with Gasteiger partial charge in [0.05, 0.1) is 22.1 Å². The van der Waals surface area contributed by atoms with E-state index in [4.69, 9.17) is 0 Å². The largest absolute Gasteiger partial charge is 0.309 e. The zero-order valence-corrected chi connectivity index (χ0v) is 33.5. The summed E-state index contributed by atoms with van der Waals surface area (Å²) in [4.78, 5) is 0. The molecule has 1 aliphatic carbocycles. The first-order valence-electron chi connectivity index (χ1n) is 20.3. The second kappa shape index (κ2) is 11.7. The minimum absolute atomic E-state index is 0.111. The highest BCUT2D eigenvalue weighted by molar-refractivity contribution is 7.25. The Labute approximate surface area is 336 Å². The van der Waals surface area contributed by atoms with E-state index in [1.807, 2.05) is 11.3 Å². The molecule has 0 N–H and O–H groups in total. The molecule has 0 saturated carbocycles. The Morgan fingerprint density at radius 2 is 1.04 bits per heavy atom. The number of rotatable bonds is 3. The third-order valence-electron chi connectivity index (χ3n) is 13.3. The summed E-state index contributed by atoms with van der Waals surface area (Å²) in [6, 6.07) is 59.5. The molecule has 0 radical (unpaired) electrons. The predicted molar refractivity (Wildman–Crippen MR) is 246 cm³/mol. The van der Waals surface area contributed by atoms with Crippen molar-refractivity contribution in [2.75, 3.05) is 0 Å². The van der Waals surface area contributed by atoms with Gasteiger partial charge in [-0.1, -0.05) is 119 Å². The summed E-state index contributed by atoms with van der Waals surface area (Å²) in [6.45, 7) is 9.75. The number of benzene rings is 8. The molecule has 0 fully saturated rings. The van der Waals surface area contributed by atoms with Crippen LogP contribution in [0.2, 0.25) is 0 Å². The fraction of sp³-hybridized carbons (Fsp3) is 0.148. The Morgan fingerprint density at radius 3 is 1.88 bits per heavy atom. The average molecular weight is 751 g/mol. The lowest BCUT2D eigenvalue weighted by atomic mass is 9.63. The van der Waals surface area contributed by atoms with Crippen molar-refractivity contribution < 1.29 is 0 Å². The van der Waals surface area contributed by atoms with Gasteiger partial charge < -0.3 is 9.13 Å². The van der Waals surface area contributed by atoms with E-state index in [1.54, 1.807) is 0 Å². The quantitative estimate of drug-likeness (QED) is 0.170. The van der Waals surface area contributed by atoms with Crippen LogP contribution >= 0.6 is 11.3 Å². The third-order valence-corrected chi connectivity index (χ3v) is 14.5. The first-order chi connectivity index (χ1) is 27.7. The van der Waals surface area contributed by atoms with Gasteiger partial charge in [-0.2, -0.15) is 0 Å². The van der Waals surface area contributed by atoms with Crippen LogP contribution in [0.15, 0.2) is 158 Å². The van der Waals surface area contributed by atoms with Crippen molar-refractivity contribution in [3.8, 4) is 22.5 Å². The van der Waals surface area contributed by atoms with Crippen LogP contribution in [-0.4, -0.2) is 9.13 Å². The van der Waals surface area contributed by atoms with Crippen LogP contribution in [0.25, 0.3) is 97.1 Å². The van der Waals surface area contributed by atoms with E-state index in [0.29, 0.717) is 0 Å². The summed E-state index contributed by atoms with van der Waals surface area (Å²) in [6.07, 6.45) is 2.38. The molecule has 0 bridgehead atoms. The van der Waals surface area contributed by atoms with Gasteiger partial charge in [-0.3, -0.25) is 0 Å². The molecule has 8 aromatic carbocycles. The van der Waals surface area contributed by atoms with Crippen molar-refractivity contribution in [3.05, 3.63) is 169 Å². The molecule has 3 aromatic heterocycles. The number of hydrogen-bond donors (Lipinski definition) is 0. The van der Waals surface area contributed by atoms with Gasteiger partial charge in [-0.25, -0.2) is 0 Å². The minimum atomic E-state index is 0.111. The lowest BCUT2D eigenvalue weighted by Gasteiger charge is -2.42. The van der Waals surface area contributed by atoms with Gasteiger partial charge in [-0.15, -0.1) is 11.3 Å². The topological polar surface area (TPSA) is 9.86 Å². The molecule has 3 heterocycles. The monoisotopic (exact) mass is 750 g/mol. The van der Waals surface area contributed by atoms with Crippen molar-refractivity contribution >= 4 is 85.9 Å². The Hall–Kier alpha value is -6.16. The number of nitrogens with zero attached hydrogens (tertiary/aromatic N) is 2. The Balaban J connectivity index is 1.18. The molecule has 274 valence electrons. The van der Waals surface area contributed by atoms with Gasteiger partial charge in [0.25, 0.3) is 0 Å². The summed E-state index contributed by atoms with van der Waals surface area (Å²) in [5.74, 6) is 0. The van der Waals surface area contributed by atoms with E-state index in [0.717, 1.165) is 0 Å². The molecule has 2 nitrogen and oxygen atoms in total. The maximum Gasteiger partial charge on any atom is 0.0562 e. The Kier molecular flexibility index (Phi) is 6.77. The molecule has 0 aliphatic heterocycles. The molecule has 57 heavy (non-hydrogen) atoms. The van der Waals surface area contributed by atoms with Crippen molar-refractivity contribution in [1.82, 2.24) is 9.13 Å². The molecule has 12 rings (SSSR count). The summed E-state index contributed by atoms with van der Waals surface area (Å²) >= 11 is 1.88. The lowest BCUT2D eigenvalue weighted by molar-refractivity contribution is 0.332. The third kappa shape index (κ3) is 4.76. The number of thiophene rings is 1. The predicted octanol–water partition coefficient (Wildman–Crippen LogP) is 15.4. The maximum atomic E-state index is 2.56. The molecular weight excluding hydrogens is 709 g/mol. The summed E-state index contributed by atoms with van der Waals surface area (Å²) in [5, 5.41) is 10.5. The molecule has 3 heteroatoms. The van der Waals surface area contributed by atoms with Gasteiger partial charge in [0.15, 0.2) is 0 Å². The highest BCUT2D eigenvalue weighted by Crippen LogP contribution is 2.50. The van der Waals surface area contributed by atoms with Gasteiger partial charge in [-0.05, 0) is 123 Å². The normalized spacial score (nSPS) is 15.2. The lowest BCUT2D eigenvalue weighted by Crippen LogP contribution is -2.33. The van der Waals surface area contributed by atoms with Gasteiger partial charge in [0.1, 0.15) is 0 Å². The SMILES string of the molecule is CC1(C)CCC(C)(C)c2cc3c(cc21)c1cc2c4c5ccccc5ccc4n(-c4cccc(-c5ccc6c(c5)sc5ccccc56)c4)c2cc1n3-c1ccccc1. The van der Waals surface area contributed by atoms with Crippen LogP contribution in [0.1, 0.15) is 51.7 Å². The fourth-order valence-electron chi connectivity index (χ4n) is 10.2. The van der Waals surface area contributed by atoms with E-state index in [1.165, 1.54) is 121 Å². The molecule has 0 unspecified atom stereocenters. The van der Waals surface area contributed by atoms with Crippen LogP contribution in [-0.2, 0) is 10.8 Å². The van der Waals surface area contributed by atoms with Crippen molar-refractivity contribution in [2.45, 2.75) is 51.4 Å². The minimum Gasteiger partial charge on any atom is -0.309 e. The van der Waals surface area contributed by atoms with Crippen molar-refractivity contribution in [1.29, 1.82) is 0 Å². The first-order valence-corrected chi connectivity index (χ1v) is 21.1. The van der Waals surface area contributed by atoms with Crippen LogP contribution in [0.3, 0.4) is 0 Å². The molecule has 0 spiro atoms. The van der Waals surface area contributed by atoms with Crippen molar-refractivity contribution in [3.63, 3.8) is 0 Å².